The molecule has 0 aliphatic heterocycles. The van der Waals surface area contributed by atoms with E-state index in [1.54, 1.807) is 0 Å². The van der Waals surface area contributed by atoms with Crippen LogP contribution in [0.15, 0.2) is 24.3 Å². The number of aryl methyl sites for hydroxylation is 1. The van der Waals surface area contributed by atoms with E-state index >= 15 is 0 Å². The number of rotatable bonds is 3. The van der Waals surface area contributed by atoms with Gasteiger partial charge in [-0.2, -0.15) is 0 Å². The van der Waals surface area contributed by atoms with E-state index in [1.807, 2.05) is 19.1 Å². The summed E-state index contributed by atoms with van der Waals surface area (Å²) in [6.45, 7) is 6.38. The fourth-order valence-corrected chi connectivity index (χ4v) is 2.11. The summed E-state index contributed by atoms with van der Waals surface area (Å²) in [6, 6.07) is 8.23. The van der Waals surface area contributed by atoms with Crippen LogP contribution in [0, 0.1) is 6.92 Å². The molecule has 2 rings (SSSR count). The maximum atomic E-state index is 10.9. The minimum absolute atomic E-state index is 0.197. The maximum Gasteiger partial charge on any atom is 0.223 e. The molecule has 1 aromatic heterocycles. The van der Waals surface area contributed by atoms with Crippen molar-refractivity contribution in [3.8, 4) is 0 Å². The van der Waals surface area contributed by atoms with Crippen molar-refractivity contribution in [2.75, 3.05) is 0 Å². The summed E-state index contributed by atoms with van der Waals surface area (Å²) in [5.74, 6) is 0.152. The molecule has 0 spiro atoms. The molecule has 1 amide bonds. The first-order chi connectivity index (χ1) is 8.47. The van der Waals surface area contributed by atoms with Crippen LogP contribution in [0.25, 0.3) is 10.9 Å². The number of primary amides is 1. The van der Waals surface area contributed by atoms with Crippen LogP contribution in [0.5, 0.6) is 0 Å². The normalized spacial score (nSPS) is 11.1. The van der Waals surface area contributed by atoms with Gasteiger partial charge < -0.3 is 5.73 Å². The summed E-state index contributed by atoms with van der Waals surface area (Å²) in [7, 11) is 0. The molecule has 0 saturated heterocycles. The van der Waals surface area contributed by atoms with Crippen LogP contribution >= 0.6 is 0 Å². The molecule has 0 bridgehead atoms. The second-order valence-corrected chi connectivity index (χ2v) is 5.00. The van der Waals surface area contributed by atoms with Crippen molar-refractivity contribution in [2.45, 2.75) is 33.1 Å². The number of hydrogen-bond donors (Lipinski definition) is 1. The summed E-state index contributed by atoms with van der Waals surface area (Å²) in [5.41, 5.74) is 9.31. The summed E-state index contributed by atoms with van der Waals surface area (Å²) < 4.78 is 0. The van der Waals surface area contributed by atoms with E-state index < -0.39 is 0 Å². The molecule has 0 aliphatic carbocycles. The van der Waals surface area contributed by atoms with Gasteiger partial charge in [-0.3, -0.25) is 9.78 Å². The first-order valence-corrected chi connectivity index (χ1v) is 6.16. The van der Waals surface area contributed by atoms with Crippen LogP contribution in [0.1, 0.15) is 36.6 Å². The Labute approximate surface area is 107 Å². The average Bonchev–Trinajstić information content (AvgIpc) is 2.27. The van der Waals surface area contributed by atoms with Gasteiger partial charge in [-0.05, 0) is 42.2 Å². The smallest absolute Gasteiger partial charge is 0.223 e. The van der Waals surface area contributed by atoms with Gasteiger partial charge in [-0.15, -0.1) is 0 Å². The van der Waals surface area contributed by atoms with E-state index in [9.17, 15) is 4.79 Å². The zero-order valence-corrected chi connectivity index (χ0v) is 11.0. The molecule has 0 fully saturated rings. The third kappa shape index (κ3) is 2.50. The van der Waals surface area contributed by atoms with Crippen LogP contribution in [0.4, 0.5) is 0 Å². The van der Waals surface area contributed by atoms with Crippen molar-refractivity contribution in [3.05, 3.63) is 41.1 Å². The van der Waals surface area contributed by atoms with Gasteiger partial charge in [0.15, 0.2) is 0 Å². The lowest BCUT2D eigenvalue weighted by Crippen LogP contribution is -2.14. The van der Waals surface area contributed by atoms with Crippen LogP contribution < -0.4 is 5.73 Å². The maximum absolute atomic E-state index is 10.9. The highest BCUT2D eigenvalue weighted by Crippen LogP contribution is 2.23. The van der Waals surface area contributed by atoms with Gasteiger partial charge in [0.25, 0.3) is 0 Å². The Morgan fingerprint density at radius 3 is 2.67 bits per heavy atom. The quantitative estimate of drug-likeness (QED) is 0.899. The Balaban J connectivity index is 2.54. The fraction of sp³-hybridized carbons (Fsp3) is 0.333. The molecule has 3 nitrogen and oxygen atoms in total. The molecule has 1 aromatic carbocycles. The van der Waals surface area contributed by atoms with Crippen molar-refractivity contribution in [2.24, 2.45) is 5.73 Å². The highest BCUT2D eigenvalue weighted by Gasteiger charge is 2.07. The molecule has 18 heavy (non-hydrogen) atoms. The second kappa shape index (κ2) is 4.77. The molecule has 1 heterocycles. The van der Waals surface area contributed by atoms with Crippen LogP contribution in [-0.2, 0) is 11.2 Å². The monoisotopic (exact) mass is 242 g/mol. The molecule has 2 N–H and O–H groups in total. The number of benzene rings is 1. The summed E-state index contributed by atoms with van der Waals surface area (Å²) in [6.07, 6.45) is 0.197. The molecule has 0 aliphatic rings. The largest absolute Gasteiger partial charge is 0.369 e. The van der Waals surface area contributed by atoms with Gasteiger partial charge in [0.05, 0.1) is 17.6 Å². The van der Waals surface area contributed by atoms with Crippen molar-refractivity contribution in [1.82, 2.24) is 4.98 Å². The Hall–Kier alpha value is -1.90. The highest BCUT2D eigenvalue weighted by molar-refractivity contribution is 5.84. The topological polar surface area (TPSA) is 56.0 Å². The minimum atomic E-state index is -0.347. The summed E-state index contributed by atoms with van der Waals surface area (Å²) in [5, 5.41) is 1.15. The minimum Gasteiger partial charge on any atom is -0.369 e. The number of aromatic nitrogens is 1. The first-order valence-electron chi connectivity index (χ1n) is 6.16. The van der Waals surface area contributed by atoms with E-state index in [-0.39, 0.29) is 12.3 Å². The number of fused-ring (bicyclic) bond motifs is 1. The Morgan fingerprint density at radius 1 is 1.33 bits per heavy atom. The van der Waals surface area contributed by atoms with Crippen LogP contribution in [-0.4, -0.2) is 10.9 Å². The van der Waals surface area contributed by atoms with E-state index in [2.05, 4.69) is 31.0 Å². The zero-order valence-electron chi connectivity index (χ0n) is 11.0. The SMILES string of the molecule is Cc1cc(CC(N)=O)nc2ccc(C(C)C)cc12. The van der Waals surface area contributed by atoms with E-state index in [1.165, 1.54) is 5.56 Å². The standard InChI is InChI=1S/C15H18N2O/c1-9(2)11-4-5-14-13(7-11)10(3)6-12(17-14)8-15(16)18/h4-7,9H,8H2,1-3H3,(H2,16,18). The predicted octanol–water partition coefficient (Wildman–Crippen LogP) is 2.69. The summed E-state index contributed by atoms with van der Waals surface area (Å²) >= 11 is 0. The van der Waals surface area contributed by atoms with Gasteiger partial charge in [-0.1, -0.05) is 19.9 Å². The lowest BCUT2D eigenvalue weighted by Gasteiger charge is -2.09. The first kappa shape index (κ1) is 12.6. The third-order valence-corrected chi connectivity index (χ3v) is 3.11. The van der Waals surface area contributed by atoms with Crippen molar-refractivity contribution in [3.63, 3.8) is 0 Å². The van der Waals surface area contributed by atoms with Gasteiger partial charge in [0, 0.05) is 5.39 Å². The van der Waals surface area contributed by atoms with Gasteiger partial charge in [0.2, 0.25) is 5.91 Å². The van der Waals surface area contributed by atoms with Crippen molar-refractivity contribution in [1.29, 1.82) is 0 Å². The third-order valence-electron chi connectivity index (χ3n) is 3.11. The fourth-order valence-electron chi connectivity index (χ4n) is 2.11. The Morgan fingerprint density at radius 2 is 2.06 bits per heavy atom. The average molecular weight is 242 g/mol. The number of carbonyl (C=O) groups is 1. The molecular weight excluding hydrogens is 224 g/mol. The highest BCUT2D eigenvalue weighted by atomic mass is 16.1. The van der Waals surface area contributed by atoms with E-state index in [0.717, 1.165) is 22.2 Å². The number of amides is 1. The Kier molecular flexibility index (Phi) is 3.32. The molecule has 0 atom stereocenters. The van der Waals surface area contributed by atoms with Gasteiger partial charge in [-0.25, -0.2) is 0 Å². The van der Waals surface area contributed by atoms with Crippen LogP contribution in [0.2, 0.25) is 0 Å². The lowest BCUT2D eigenvalue weighted by atomic mass is 9.99. The lowest BCUT2D eigenvalue weighted by molar-refractivity contribution is -0.117. The van der Waals surface area contributed by atoms with Crippen LogP contribution in [0.3, 0.4) is 0 Å². The second-order valence-electron chi connectivity index (χ2n) is 5.00. The molecule has 0 unspecified atom stereocenters. The van der Waals surface area contributed by atoms with Crippen molar-refractivity contribution >= 4 is 16.8 Å². The number of nitrogens with zero attached hydrogens (tertiary/aromatic N) is 1. The zero-order chi connectivity index (χ0) is 13.3. The van der Waals surface area contributed by atoms with Gasteiger partial charge >= 0.3 is 0 Å². The van der Waals surface area contributed by atoms with Crippen molar-refractivity contribution < 1.29 is 4.79 Å². The molecule has 0 saturated carbocycles. The molecule has 0 radical (unpaired) electrons. The van der Waals surface area contributed by atoms with E-state index in [0.29, 0.717) is 5.92 Å². The summed E-state index contributed by atoms with van der Waals surface area (Å²) in [4.78, 5) is 15.4. The number of hydrogen-bond acceptors (Lipinski definition) is 2. The molecule has 3 heteroatoms. The van der Waals surface area contributed by atoms with E-state index in [4.69, 9.17) is 5.73 Å². The Bertz CT molecular complexity index is 603. The number of pyridine rings is 1. The predicted molar refractivity (Wildman–Crippen MR) is 73.5 cm³/mol. The number of carbonyl (C=O) groups excluding carboxylic acids is 1. The number of nitrogens with two attached hydrogens (primary N) is 1. The molecule has 94 valence electrons. The van der Waals surface area contributed by atoms with Gasteiger partial charge in [0.1, 0.15) is 0 Å². The molecule has 2 aromatic rings. The molecular formula is C15H18N2O.